The quantitative estimate of drug-likeness (QED) is 0.633. The molecule has 1 unspecified atom stereocenters. The Morgan fingerprint density at radius 1 is 1.29 bits per heavy atom. The predicted octanol–water partition coefficient (Wildman–Crippen LogP) is 2.42. The van der Waals surface area contributed by atoms with Crippen LogP contribution in [0.5, 0.6) is 0 Å². The van der Waals surface area contributed by atoms with Crippen molar-refractivity contribution in [3.8, 4) is 0 Å². The van der Waals surface area contributed by atoms with Crippen molar-refractivity contribution in [2.75, 3.05) is 17.7 Å². The van der Waals surface area contributed by atoms with E-state index in [-0.39, 0.29) is 23.9 Å². The van der Waals surface area contributed by atoms with Crippen LogP contribution >= 0.6 is 0 Å². The zero-order valence-electron chi connectivity index (χ0n) is 11.7. The molecule has 0 heterocycles. The number of nitrogens with one attached hydrogen (secondary N) is 1. The number of carboxylic acids is 1. The van der Waals surface area contributed by atoms with Crippen LogP contribution in [0.4, 0.5) is 11.4 Å². The van der Waals surface area contributed by atoms with Crippen molar-refractivity contribution in [2.24, 2.45) is 0 Å². The van der Waals surface area contributed by atoms with Crippen LogP contribution < -0.4 is 11.1 Å². The summed E-state index contributed by atoms with van der Waals surface area (Å²) in [6, 6.07) is 12.4. The third-order valence-electron chi connectivity index (χ3n) is 3.34. The molecular formula is C16H18N2O3. The molecule has 0 aliphatic rings. The number of aliphatic hydroxyl groups excluding tert-OH is 1. The van der Waals surface area contributed by atoms with E-state index >= 15 is 0 Å². The largest absolute Gasteiger partial charge is 0.478 e. The first-order chi connectivity index (χ1) is 10.0. The summed E-state index contributed by atoms with van der Waals surface area (Å²) in [4.78, 5) is 11.2. The van der Waals surface area contributed by atoms with Crippen LogP contribution in [-0.2, 0) is 0 Å². The fourth-order valence-corrected chi connectivity index (χ4v) is 2.18. The highest BCUT2D eigenvalue weighted by molar-refractivity contribution is 5.95. The highest BCUT2D eigenvalue weighted by atomic mass is 16.4. The van der Waals surface area contributed by atoms with E-state index in [1.807, 2.05) is 30.3 Å². The zero-order chi connectivity index (χ0) is 15.4. The van der Waals surface area contributed by atoms with Crippen LogP contribution in [0.1, 0.15) is 27.5 Å². The summed E-state index contributed by atoms with van der Waals surface area (Å²) in [5.41, 5.74) is 8.30. The van der Waals surface area contributed by atoms with Gasteiger partial charge in [-0.2, -0.15) is 0 Å². The van der Waals surface area contributed by atoms with E-state index in [2.05, 4.69) is 5.32 Å². The van der Waals surface area contributed by atoms with E-state index in [9.17, 15) is 9.90 Å². The molecule has 0 bridgehead atoms. The molecule has 1 atom stereocenters. The highest BCUT2D eigenvalue weighted by Crippen LogP contribution is 2.26. The van der Waals surface area contributed by atoms with Crippen molar-refractivity contribution in [3.63, 3.8) is 0 Å². The minimum Gasteiger partial charge on any atom is -0.478 e. The molecule has 2 aromatic rings. The maximum Gasteiger partial charge on any atom is 0.337 e. The van der Waals surface area contributed by atoms with Gasteiger partial charge in [-0.25, -0.2) is 4.79 Å². The molecule has 0 aliphatic carbocycles. The van der Waals surface area contributed by atoms with E-state index in [0.29, 0.717) is 11.3 Å². The molecule has 0 amide bonds. The van der Waals surface area contributed by atoms with Gasteiger partial charge in [0.1, 0.15) is 0 Å². The number of nitrogens with two attached hydrogens (primary N) is 1. The molecule has 110 valence electrons. The summed E-state index contributed by atoms with van der Waals surface area (Å²) in [5.74, 6) is -1.07. The molecule has 5 heteroatoms. The average molecular weight is 286 g/mol. The van der Waals surface area contributed by atoms with Gasteiger partial charge in [-0.05, 0) is 30.2 Å². The molecule has 2 rings (SSSR count). The maximum atomic E-state index is 11.2. The fourth-order valence-electron chi connectivity index (χ4n) is 2.18. The topological polar surface area (TPSA) is 95.6 Å². The normalized spacial score (nSPS) is 11.9. The van der Waals surface area contributed by atoms with Gasteiger partial charge in [0.05, 0.1) is 18.2 Å². The Balaban J connectivity index is 2.32. The number of carbonyl (C=O) groups is 1. The zero-order valence-corrected chi connectivity index (χ0v) is 11.7. The standard InChI is InChI=1S/C16H18N2O3/c1-10-7-12(8-13(15(10)17)16(20)21)18-14(9-19)11-5-3-2-4-6-11/h2-8,14,18-19H,9,17H2,1H3,(H,20,21). The molecule has 0 saturated carbocycles. The number of anilines is 2. The van der Waals surface area contributed by atoms with E-state index in [1.165, 1.54) is 6.07 Å². The lowest BCUT2D eigenvalue weighted by Crippen LogP contribution is -2.15. The third-order valence-corrected chi connectivity index (χ3v) is 3.34. The number of rotatable bonds is 5. The smallest absolute Gasteiger partial charge is 0.337 e. The van der Waals surface area contributed by atoms with Crippen molar-refractivity contribution in [1.82, 2.24) is 0 Å². The first-order valence-electron chi connectivity index (χ1n) is 6.58. The average Bonchev–Trinajstić information content (AvgIpc) is 2.48. The number of benzene rings is 2. The first-order valence-corrected chi connectivity index (χ1v) is 6.58. The van der Waals surface area contributed by atoms with Crippen LogP contribution in [0.3, 0.4) is 0 Å². The SMILES string of the molecule is Cc1cc(NC(CO)c2ccccc2)cc(C(=O)O)c1N. The second-order valence-corrected chi connectivity index (χ2v) is 4.85. The van der Waals surface area contributed by atoms with E-state index in [4.69, 9.17) is 10.8 Å². The minimum absolute atomic E-state index is 0.0576. The van der Waals surface area contributed by atoms with Gasteiger partial charge in [0, 0.05) is 11.4 Å². The number of aryl methyl sites for hydroxylation is 1. The van der Waals surface area contributed by atoms with Gasteiger partial charge in [0.15, 0.2) is 0 Å². The van der Waals surface area contributed by atoms with Crippen LogP contribution in [0.2, 0.25) is 0 Å². The second-order valence-electron chi connectivity index (χ2n) is 4.85. The van der Waals surface area contributed by atoms with Crippen LogP contribution in [0.15, 0.2) is 42.5 Å². The number of nitrogen functional groups attached to an aromatic ring is 1. The van der Waals surface area contributed by atoms with E-state index < -0.39 is 5.97 Å². The van der Waals surface area contributed by atoms with Crippen LogP contribution in [0, 0.1) is 6.92 Å². The van der Waals surface area contributed by atoms with E-state index in [1.54, 1.807) is 13.0 Å². The lowest BCUT2D eigenvalue weighted by molar-refractivity contribution is 0.0698. The minimum atomic E-state index is -1.07. The molecule has 2 aromatic carbocycles. The molecule has 0 fully saturated rings. The van der Waals surface area contributed by atoms with Gasteiger partial charge >= 0.3 is 5.97 Å². The highest BCUT2D eigenvalue weighted by Gasteiger charge is 2.15. The number of aromatic carboxylic acids is 1. The number of carboxylic acid groups (broad SMARTS) is 1. The van der Waals surface area contributed by atoms with Gasteiger partial charge in [0.25, 0.3) is 0 Å². The Labute approximate surface area is 123 Å². The number of aliphatic hydroxyl groups is 1. The Kier molecular flexibility index (Phi) is 4.45. The van der Waals surface area contributed by atoms with Crippen LogP contribution in [-0.4, -0.2) is 22.8 Å². The van der Waals surface area contributed by atoms with E-state index in [0.717, 1.165) is 5.56 Å². The Hall–Kier alpha value is -2.53. The van der Waals surface area contributed by atoms with Gasteiger partial charge in [0.2, 0.25) is 0 Å². The number of hydrogen-bond donors (Lipinski definition) is 4. The van der Waals surface area contributed by atoms with Gasteiger partial charge < -0.3 is 21.3 Å². The van der Waals surface area contributed by atoms with Gasteiger partial charge in [-0.3, -0.25) is 0 Å². The summed E-state index contributed by atoms with van der Waals surface area (Å²) < 4.78 is 0. The fraction of sp³-hybridized carbons (Fsp3) is 0.188. The van der Waals surface area contributed by atoms with Crippen LogP contribution in [0.25, 0.3) is 0 Å². The Bertz CT molecular complexity index is 641. The van der Waals surface area contributed by atoms with Gasteiger partial charge in [-0.15, -0.1) is 0 Å². The first kappa shape index (κ1) is 14.9. The van der Waals surface area contributed by atoms with Crippen molar-refractivity contribution in [1.29, 1.82) is 0 Å². The monoisotopic (exact) mass is 286 g/mol. The molecule has 0 spiro atoms. The summed E-state index contributed by atoms with van der Waals surface area (Å²) >= 11 is 0. The molecule has 0 aliphatic heterocycles. The molecule has 21 heavy (non-hydrogen) atoms. The van der Waals surface area contributed by atoms with Crippen molar-refractivity contribution < 1.29 is 15.0 Å². The van der Waals surface area contributed by atoms with Crippen molar-refractivity contribution >= 4 is 17.3 Å². The Morgan fingerprint density at radius 2 is 1.95 bits per heavy atom. The molecular weight excluding hydrogens is 268 g/mol. The number of hydrogen-bond acceptors (Lipinski definition) is 4. The lowest BCUT2D eigenvalue weighted by atomic mass is 10.0. The van der Waals surface area contributed by atoms with Crippen molar-refractivity contribution in [3.05, 3.63) is 59.2 Å². The molecule has 0 radical (unpaired) electrons. The molecule has 0 saturated heterocycles. The third kappa shape index (κ3) is 3.32. The second kappa shape index (κ2) is 6.28. The van der Waals surface area contributed by atoms with Gasteiger partial charge in [-0.1, -0.05) is 30.3 Å². The summed E-state index contributed by atoms with van der Waals surface area (Å²) in [7, 11) is 0. The Morgan fingerprint density at radius 3 is 2.52 bits per heavy atom. The predicted molar refractivity (Wildman–Crippen MR) is 82.4 cm³/mol. The summed E-state index contributed by atoms with van der Waals surface area (Å²) in [5, 5.41) is 21.8. The molecule has 5 N–H and O–H groups in total. The lowest BCUT2D eigenvalue weighted by Gasteiger charge is -2.19. The maximum absolute atomic E-state index is 11.2. The molecule has 5 nitrogen and oxygen atoms in total. The molecule has 0 aromatic heterocycles. The summed E-state index contributed by atoms with van der Waals surface area (Å²) in [6.07, 6.45) is 0. The summed E-state index contributed by atoms with van der Waals surface area (Å²) in [6.45, 7) is 1.65. The van der Waals surface area contributed by atoms with Crippen molar-refractivity contribution in [2.45, 2.75) is 13.0 Å².